The van der Waals surface area contributed by atoms with Crippen LogP contribution in [0.25, 0.3) is 10.2 Å². The quantitative estimate of drug-likeness (QED) is 0.328. The summed E-state index contributed by atoms with van der Waals surface area (Å²) in [4.78, 5) is 22.1. The van der Waals surface area contributed by atoms with Crippen LogP contribution in [0.3, 0.4) is 0 Å². The highest BCUT2D eigenvalue weighted by atomic mass is 32.2. The van der Waals surface area contributed by atoms with Gasteiger partial charge in [0.15, 0.2) is 5.13 Å². The van der Waals surface area contributed by atoms with E-state index in [0.717, 1.165) is 55.5 Å². The lowest BCUT2D eigenvalue weighted by Gasteiger charge is -2.34. The summed E-state index contributed by atoms with van der Waals surface area (Å²) in [5.74, 6) is -0.733. The number of halogens is 1. The van der Waals surface area contributed by atoms with Crippen molar-refractivity contribution in [2.45, 2.75) is 18.7 Å². The van der Waals surface area contributed by atoms with Gasteiger partial charge in [0, 0.05) is 50.5 Å². The number of hydrogen-bond donors (Lipinski definition) is 2. The Hall–Kier alpha value is -3.54. The molecule has 1 saturated heterocycles. The summed E-state index contributed by atoms with van der Waals surface area (Å²) in [5.41, 5.74) is 4.31. The number of sulfonamides is 1. The Bertz CT molecular complexity index is 1580. The predicted octanol–water partition coefficient (Wildman–Crippen LogP) is 4.41. The van der Waals surface area contributed by atoms with E-state index in [2.05, 4.69) is 45.8 Å². The Balaban J connectivity index is 1.08. The molecule has 0 saturated carbocycles. The summed E-state index contributed by atoms with van der Waals surface area (Å²) in [7, 11) is -3.85. The average molecular weight is 568 g/mol. The van der Waals surface area contributed by atoms with Crippen molar-refractivity contribution in [1.29, 1.82) is 0 Å². The van der Waals surface area contributed by atoms with Gasteiger partial charge >= 0.3 is 0 Å². The minimum atomic E-state index is -3.85. The number of thiazole rings is 1. The summed E-state index contributed by atoms with van der Waals surface area (Å²) in [6.07, 6.45) is 0. The predicted molar refractivity (Wildman–Crippen MR) is 154 cm³/mol. The first kappa shape index (κ1) is 27.0. The van der Waals surface area contributed by atoms with Gasteiger partial charge < -0.3 is 10.2 Å². The van der Waals surface area contributed by atoms with Crippen molar-refractivity contribution in [3.8, 4) is 0 Å². The minimum Gasteiger partial charge on any atom is -0.351 e. The number of amides is 1. The van der Waals surface area contributed by atoms with E-state index < -0.39 is 15.8 Å². The van der Waals surface area contributed by atoms with Gasteiger partial charge in [0.2, 0.25) is 0 Å². The van der Waals surface area contributed by atoms with E-state index in [1.54, 1.807) is 23.5 Å². The molecular formula is C28H30FN5O3S2. The normalized spacial score (nSPS) is 14.5. The first-order chi connectivity index (χ1) is 18.7. The Morgan fingerprint density at radius 2 is 1.69 bits per heavy atom. The fourth-order valence-electron chi connectivity index (χ4n) is 4.61. The molecule has 0 spiro atoms. The Kier molecular flexibility index (Phi) is 7.83. The molecule has 2 N–H and O–H groups in total. The third-order valence-electron chi connectivity index (χ3n) is 6.69. The average Bonchev–Trinajstić information content (AvgIpc) is 3.34. The summed E-state index contributed by atoms with van der Waals surface area (Å²) in [6, 6.07) is 15.1. The standard InChI is InChI=1S/C28H30FN5O3S2/c1-19-17-20(2)26-25(18-19)31-28(38-26)34-15-13-33(14-16-34)12-11-30-27(35)21-3-7-23(8-4-21)32-39(36,37)24-9-5-22(29)6-10-24/h3-10,17-18,32H,11-16H2,1-2H3,(H,30,35). The van der Waals surface area contributed by atoms with Gasteiger partial charge in [-0.05, 0) is 79.6 Å². The smallest absolute Gasteiger partial charge is 0.261 e. The van der Waals surface area contributed by atoms with Crippen LogP contribution in [0.15, 0.2) is 65.6 Å². The molecule has 0 aliphatic carbocycles. The van der Waals surface area contributed by atoms with E-state index >= 15 is 0 Å². The largest absolute Gasteiger partial charge is 0.351 e. The molecule has 3 aromatic carbocycles. The highest BCUT2D eigenvalue weighted by Crippen LogP contribution is 2.32. The van der Waals surface area contributed by atoms with E-state index in [9.17, 15) is 17.6 Å². The zero-order valence-electron chi connectivity index (χ0n) is 21.8. The summed E-state index contributed by atoms with van der Waals surface area (Å²) < 4.78 is 41.7. The van der Waals surface area contributed by atoms with Crippen molar-refractivity contribution in [1.82, 2.24) is 15.2 Å². The van der Waals surface area contributed by atoms with Gasteiger partial charge in [0.25, 0.3) is 15.9 Å². The molecule has 4 aromatic rings. The Morgan fingerprint density at radius 1 is 1.00 bits per heavy atom. The summed E-state index contributed by atoms with van der Waals surface area (Å²) in [5, 5.41) is 4.00. The third kappa shape index (κ3) is 6.38. The molecule has 0 radical (unpaired) electrons. The number of benzene rings is 3. The van der Waals surface area contributed by atoms with Gasteiger partial charge in [0.1, 0.15) is 5.82 Å². The second-order valence-corrected chi connectivity index (χ2v) is 12.3. The molecule has 11 heteroatoms. The van der Waals surface area contributed by atoms with Crippen LogP contribution in [0.2, 0.25) is 0 Å². The van der Waals surface area contributed by atoms with E-state index in [1.165, 1.54) is 40.1 Å². The number of carbonyl (C=O) groups excluding carboxylic acids is 1. The Labute approximate surface area is 231 Å². The third-order valence-corrected chi connectivity index (χ3v) is 9.35. The lowest BCUT2D eigenvalue weighted by atomic mass is 10.1. The van der Waals surface area contributed by atoms with Crippen LogP contribution in [-0.4, -0.2) is 63.5 Å². The number of nitrogens with zero attached hydrogens (tertiary/aromatic N) is 3. The number of aryl methyl sites for hydroxylation is 2. The zero-order chi connectivity index (χ0) is 27.6. The number of anilines is 2. The van der Waals surface area contributed by atoms with E-state index in [-0.39, 0.29) is 10.8 Å². The highest BCUT2D eigenvalue weighted by molar-refractivity contribution is 7.92. The molecule has 1 aromatic heterocycles. The number of hydrogen-bond acceptors (Lipinski definition) is 7. The second-order valence-electron chi connectivity index (χ2n) is 9.65. The fraction of sp³-hybridized carbons (Fsp3) is 0.286. The van der Waals surface area contributed by atoms with Gasteiger partial charge in [-0.2, -0.15) is 0 Å². The molecule has 5 rings (SSSR count). The number of rotatable bonds is 8. The molecule has 0 unspecified atom stereocenters. The molecular weight excluding hydrogens is 537 g/mol. The van der Waals surface area contributed by atoms with Crippen molar-refractivity contribution < 1.29 is 17.6 Å². The van der Waals surface area contributed by atoms with Crippen molar-refractivity contribution in [2.24, 2.45) is 0 Å². The molecule has 39 heavy (non-hydrogen) atoms. The number of aromatic nitrogens is 1. The fourth-order valence-corrected chi connectivity index (χ4v) is 6.74. The highest BCUT2D eigenvalue weighted by Gasteiger charge is 2.20. The lowest BCUT2D eigenvalue weighted by Crippen LogP contribution is -2.48. The van der Waals surface area contributed by atoms with Crippen LogP contribution in [0.5, 0.6) is 0 Å². The maximum absolute atomic E-state index is 13.1. The van der Waals surface area contributed by atoms with Crippen molar-refractivity contribution in [3.63, 3.8) is 0 Å². The molecule has 1 amide bonds. The van der Waals surface area contributed by atoms with E-state index in [4.69, 9.17) is 4.98 Å². The van der Waals surface area contributed by atoms with Crippen LogP contribution in [0, 0.1) is 19.7 Å². The molecule has 8 nitrogen and oxygen atoms in total. The van der Waals surface area contributed by atoms with Crippen LogP contribution >= 0.6 is 11.3 Å². The maximum atomic E-state index is 13.1. The van der Waals surface area contributed by atoms with E-state index in [0.29, 0.717) is 17.8 Å². The van der Waals surface area contributed by atoms with Gasteiger partial charge in [-0.1, -0.05) is 17.4 Å². The summed E-state index contributed by atoms with van der Waals surface area (Å²) >= 11 is 1.75. The molecule has 0 bridgehead atoms. The van der Waals surface area contributed by atoms with Gasteiger partial charge in [-0.15, -0.1) is 0 Å². The van der Waals surface area contributed by atoms with Crippen LogP contribution < -0.4 is 14.9 Å². The molecule has 1 aliphatic heterocycles. The maximum Gasteiger partial charge on any atom is 0.261 e. The number of carbonyl (C=O) groups is 1. The molecule has 204 valence electrons. The number of nitrogens with one attached hydrogen (secondary N) is 2. The van der Waals surface area contributed by atoms with Crippen LogP contribution in [0.1, 0.15) is 21.5 Å². The van der Waals surface area contributed by atoms with Gasteiger partial charge in [-0.25, -0.2) is 17.8 Å². The van der Waals surface area contributed by atoms with Crippen molar-refractivity contribution >= 4 is 48.3 Å². The molecule has 2 heterocycles. The Morgan fingerprint density at radius 3 is 2.38 bits per heavy atom. The lowest BCUT2D eigenvalue weighted by molar-refractivity contribution is 0.0948. The minimum absolute atomic E-state index is 0.0446. The monoisotopic (exact) mass is 567 g/mol. The van der Waals surface area contributed by atoms with Crippen LogP contribution in [0.4, 0.5) is 15.2 Å². The van der Waals surface area contributed by atoms with Gasteiger partial charge in [-0.3, -0.25) is 14.4 Å². The number of fused-ring (bicyclic) bond motifs is 1. The topological polar surface area (TPSA) is 94.6 Å². The molecule has 1 aliphatic rings. The van der Waals surface area contributed by atoms with E-state index in [1.807, 2.05) is 0 Å². The second kappa shape index (κ2) is 11.3. The first-order valence-electron chi connectivity index (χ1n) is 12.7. The van der Waals surface area contributed by atoms with Crippen molar-refractivity contribution in [3.05, 3.63) is 83.2 Å². The van der Waals surface area contributed by atoms with Crippen LogP contribution in [-0.2, 0) is 10.0 Å². The zero-order valence-corrected chi connectivity index (χ0v) is 23.4. The first-order valence-corrected chi connectivity index (χ1v) is 15.0. The van der Waals surface area contributed by atoms with Gasteiger partial charge in [0.05, 0.1) is 15.1 Å². The summed E-state index contributed by atoms with van der Waals surface area (Å²) in [6.45, 7) is 9.06. The van der Waals surface area contributed by atoms with Crippen molar-refractivity contribution in [2.75, 3.05) is 48.9 Å². The molecule has 0 atom stereocenters. The SMILES string of the molecule is Cc1cc(C)c2sc(N3CCN(CCNC(=O)c4ccc(NS(=O)(=O)c5ccc(F)cc5)cc4)CC3)nc2c1. The number of piperazine rings is 1. The molecule has 1 fully saturated rings.